The molecule has 0 aromatic heterocycles. The van der Waals surface area contributed by atoms with Crippen molar-refractivity contribution in [2.45, 2.75) is 6.92 Å². The Morgan fingerprint density at radius 3 is 2.43 bits per heavy atom. The molecule has 0 atom stereocenters. The van der Waals surface area contributed by atoms with E-state index >= 15 is 0 Å². The van der Waals surface area contributed by atoms with Gasteiger partial charge in [0.1, 0.15) is 11.6 Å². The largest absolute Gasteiger partial charge is 0.492 e. The van der Waals surface area contributed by atoms with E-state index in [1.54, 1.807) is 36.4 Å². The molecule has 1 fully saturated rings. The number of carbonyl (C=O) groups excluding carboxylic acids is 2. The summed E-state index contributed by atoms with van der Waals surface area (Å²) in [5.74, 6) is -1.11. The van der Waals surface area contributed by atoms with Crippen LogP contribution in [0, 0.1) is 5.82 Å². The van der Waals surface area contributed by atoms with Gasteiger partial charge in [0.2, 0.25) is 0 Å². The van der Waals surface area contributed by atoms with E-state index in [2.05, 4.69) is 15.5 Å². The van der Waals surface area contributed by atoms with Gasteiger partial charge in [0.15, 0.2) is 0 Å². The zero-order valence-electron chi connectivity index (χ0n) is 17.1. The predicted octanol–water partition coefficient (Wildman–Crippen LogP) is 2.10. The Hall–Kier alpha value is -3.13. The average Bonchev–Trinajstić information content (AvgIpc) is 2.76. The molecule has 2 aromatic rings. The highest BCUT2D eigenvalue weighted by Gasteiger charge is 2.20. The van der Waals surface area contributed by atoms with Gasteiger partial charge in [0.05, 0.1) is 18.0 Å². The third kappa shape index (κ3) is 5.70. The summed E-state index contributed by atoms with van der Waals surface area (Å²) in [7, 11) is 0. The van der Waals surface area contributed by atoms with Crippen LogP contribution in [0.2, 0.25) is 0 Å². The van der Waals surface area contributed by atoms with Crippen molar-refractivity contribution in [2.24, 2.45) is 0 Å². The molecular weight excluding hydrogens is 387 g/mol. The lowest BCUT2D eigenvalue weighted by Crippen LogP contribution is -2.49. The molecule has 0 bridgehead atoms. The topological polar surface area (TPSA) is 73.9 Å². The van der Waals surface area contributed by atoms with Crippen molar-refractivity contribution in [3.05, 3.63) is 54.3 Å². The summed E-state index contributed by atoms with van der Waals surface area (Å²) in [4.78, 5) is 28.5. The van der Waals surface area contributed by atoms with E-state index in [0.29, 0.717) is 49.9 Å². The number of nitrogens with one attached hydrogen (secondary N) is 2. The van der Waals surface area contributed by atoms with Crippen molar-refractivity contribution in [3.8, 4) is 5.75 Å². The number of nitrogens with zero attached hydrogens (tertiary/aromatic N) is 2. The van der Waals surface area contributed by atoms with E-state index in [-0.39, 0.29) is 5.82 Å². The lowest BCUT2D eigenvalue weighted by Gasteiger charge is -2.36. The number of para-hydroxylation sites is 3. The van der Waals surface area contributed by atoms with Crippen molar-refractivity contribution in [2.75, 3.05) is 56.1 Å². The van der Waals surface area contributed by atoms with Crippen molar-refractivity contribution in [3.63, 3.8) is 0 Å². The first-order chi connectivity index (χ1) is 14.6. The van der Waals surface area contributed by atoms with Crippen molar-refractivity contribution in [1.29, 1.82) is 0 Å². The van der Waals surface area contributed by atoms with Crippen molar-refractivity contribution in [1.82, 2.24) is 10.2 Å². The normalized spacial score (nSPS) is 14.3. The van der Waals surface area contributed by atoms with Crippen LogP contribution in [0.3, 0.4) is 0 Å². The fraction of sp³-hybridized carbons (Fsp3) is 0.364. The van der Waals surface area contributed by atoms with Crippen LogP contribution in [-0.4, -0.2) is 62.6 Å². The highest BCUT2D eigenvalue weighted by atomic mass is 19.1. The summed E-state index contributed by atoms with van der Waals surface area (Å²) in [6, 6.07) is 13.7. The smallest absolute Gasteiger partial charge is 0.313 e. The molecule has 3 rings (SSSR count). The Bertz CT molecular complexity index is 869. The van der Waals surface area contributed by atoms with Crippen LogP contribution in [0.5, 0.6) is 5.75 Å². The average molecular weight is 414 g/mol. The summed E-state index contributed by atoms with van der Waals surface area (Å²) >= 11 is 0. The Morgan fingerprint density at radius 1 is 1.00 bits per heavy atom. The number of halogens is 1. The van der Waals surface area contributed by atoms with Gasteiger partial charge in [-0.3, -0.25) is 14.5 Å². The standard InChI is InChI=1S/C22H27FN4O3/c1-2-30-20-10-6-4-8-18(20)25-22(29)21(28)24-11-12-26-13-15-27(16-14-26)19-9-5-3-7-17(19)23/h3-10H,2,11-16H2,1H3,(H,24,28)(H,25,29). The molecular formula is C22H27FN4O3. The minimum atomic E-state index is -0.730. The second-order valence-electron chi connectivity index (χ2n) is 6.92. The molecule has 0 aliphatic carbocycles. The van der Waals surface area contributed by atoms with Gasteiger partial charge >= 0.3 is 11.8 Å². The number of rotatable bonds is 7. The SMILES string of the molecule is CCOc1ccccc1NC(=O)C(=O)NCCN1CCN(c2ccccc2F)CC1. The number of benzene rings is 2. The molecule has 2 N–H and O–H groups in total. The van der Waals surface area contributed by atoms with Crippen LogP contribution in [0.25, 0.3) is 0 Å². The third-order valence-corrected chi connectivity index (χ3v) is 4.92. The monoisotopic (exact) mass is 414 g/mol. The van der Waals surface area contributed by atoms with Crippen LogP contribution in [0.1, 0.15) is 6.92 Å². The zero-order chi connectivity index (χ0) is 21.3. The molecule has 1 heterocycles. The van der Waals surface area contributed by atoms with E-state index in [1.165, 1.54) is 6.07 Å². The van der Waals surface area contributed by atoms with Gasteiger partial charge in [-0.25, -0.2) is 4.39 Å². The molecule has 2 aromatic carbocycles. The van der Waals surface area contributed by atoms with Crippen LogP contribution >= 0.6 is 0 Å². The second-order valence-corrected chi connectivity index (χ2v) is 6.92. The van der Waals surface area contributed by atoms with E-state index in [4.69, 9.17) is 4.74 Å². The van der Waals surface area contributed by atoms with Gasteiger partial charge < -0.3 is 20.3 Å². The van der Waals surface area contributed by atoms with Crippen molar-refractivity contribution < 1.29 is 18.7 Å². The Balaban J connectivity index is 1.40. The molecule has 0 saturated carbocycles. The molecule has 30 heavy (non-hydrogen) atoms. The van der Waals surface area contributed by atoms with Crippen LogP contribution in [-0.2, 0) is 9.59 Å². The molecule has 160 valence electrons. The summed E-state index contributed by atoms with van der Waals surface area (Å²) < 4.78 is 19.4. The van der Waals surface area contributed by atoms with E-state index < -0.39 is 11.8 Å². The molecule has 7 nitrogen and oxygen atoms in total. The Kier molecular flexibility index (Phi) is 7.62. The van der Waals surface area contributed by atoms with Gasteiger partial charge in [-0.1, -0.05) is 24.3 Å². The number of anilines is 2. The molecule has 0 unspecified atom stereocenters. The molecule has 0 radical (unpaired) electrons. The van der Waals surface area contributed by atoms with Crippen LogP contribution < -0.4 is 20.3 Å². The van der Waals surface area contributed by atoms with Gasteiger partial charge in [-0.15, -0.1) is 0 Å². The molecule has 2 amide bonds. The van der Waals surface area contributed by atoms with Gasteiger partial charge in [0.25, 0.3) is 0 Å². The minimum absolute atomic E-state index is 0.213. The zero-order valence-corrected chi connectivity index (χ0v) is 17.1. The highest BCUT2D eigenvalue weighted by Crippen LogP contribution is 2.23. The quantitative estimate of drug-likeness (QED) is 0.679. The van der Waals surface area contributed by atoms with Gasteiger partial charge in [-0.05, 0) is 31.2 Å². The van der Waals surface area contributed by atoms with E-state index in [1.807, 2.05) is 17.9 Å². The number of amides is 2. The lowest BCUT2D eigenvalue weighted by molar-refractivity contribution is -0.136. The maximum absolute atomic E-state index is 13.9. The number of piperazine rings is 1. The maximum atomic E-state index is 13.9. The first kappa shape index (κ1) is 21.6. The first-order valence-corrected chi connectivity index (χ1v) is 10.1. The fourth-order valence-electron chi connectivity index (χ4n) is 3.36. The third-order valence-electron chi connectivity index (χ3n) is 4.92. The molecule has 1 saturated heterocycles. The Morgan fingerprint density at radius 2 is 1.70 bits per heavy atom. The number of hydrogen-bond donors (Lipinski definition) is 2. The molecule has 0 spiro atoms. The second kappa shape index (κ2) is 10.6. The summed E-state index contributed by atoms with van der Waals surface area (Å²) in [5, 5.41) is 5.23. The predicted molar refractivity (Wildman–Crippen MR) is 114 cm³/mol. The summed E-state index contributed by atoms with van der Waals surface area (Å²) in [6.45, 7) is 6.24. The van der Waals surface area contributed by atoms with Gasteiger partial charge in [-0.2, -0.15) is 0 Å². The van der Waals surface area contributed by atoms with E-state index in [0.717, 1.165) is 13.1 Å². The number of carbonyl (C=O) groups is 2. The Labute approximate surface area is 175 Å². The molecule has 1 aliphatic heterocycles. The number of ether oxygens (including phenoxy) is 1. The minimum Gasteiger partial charge on any atom is -0.492 e. The van der Waals surface area contributed by atoms with Crippen LogP contribution in [0.15, 0.2) is 48.5 Å². The molecule has 8 heteroatoms. The van der Waals surface area contributed by atoms with Crippen LogP contribution in [0.4, 0.5) is 15.8 Å². The van der Waals surface area contributed by atoms with Crippen molar-refractivity contribution >= 4 is 23.2 Å². The number of hydrogen-bond acceptors (Lipinski definition) is 5. The highest BCUT2D eigenvalue weighted by molar-refractivity contribution is 6.39. The fourth-order valence-corrected chi connectivity index (χ4v) is 3.36. The summed E-state index contributed by atoms with van der Waals surface area (Å²) in [5.41, 5.74) is 1.08. The van der Waals surface area contributed by atoms with Gasteiger partial charge in [0, 0.05) is 39.3 Å². The first-order valence-electron chi connectivity index (χ1n) is 10.1. The maximum Gasteiger partial charge on any atom is 0.313 e. The molecule has 1 aliphatic rings. The lowest BCUT2D eigenvalue weighted by atomic mass is 10.2. The summed E-state index contributed by atoms with van der Waals surface area (Å²) in [6.07, 6.45) is 0. The van der Waals surface area contributed by atoms with E-state index in [9.17, 15) is 14.0 Å².